The average molecular weight is 456 g/mol. The number of aryl methyl sites for hydroxylation is 1. The Balaban J connectivity index is 1.56. The van der Waals surface area contributed by atoms with Crippen LogP contribution in [0.4, 0.5) is 18.9 Å². The number of nitrogens with zero attached hydrogens (tertiary/aromatic N) is 1. The Morgan fingerprint density at radius 1 is 1.13 bits per heavy atom. The smallest absolute Gasteiger partial charge is 0.306 e. The van der Waals surface area contributed by atoms with Crippen molar-refractivity contribution in [1.82, 2.24) is 0 Å². The number of hydrogen-bond acceptors (Lipinski definition) is 4. The number of halogens is 4. The van der Waals surface area contributed by atoms with E-state index in [-0.39, 0.29) is 29.0 Å². The molecule has 0 spiro atoms. The summed E-state index contributed by atoms with van der Waals surface area (Å²) >= 11 is 5.70. The zero-order valence-corrected chi connectivity index (χ0v) is 18.1. The molecule has 8 heteroatoms. The Hall–Kier alpha value is -2.41. The number of ether oxygens (including phenoxy) is 2. The number of anilines is 1. The van der Waals surface area contributed by atoms with Crippen molar-refractivity contribution in [3.63, 3.8) is 0 Å². The van der Waals surface area contributed by atoms with E-state index >= 15 is 0 Å². The molecular weight excluding hydrogens is 431 g/mol. The third-order valence-electron chi connectivity index (χ3n) is 5.31. The van der Waals surface area contributed by atoms with Crippen molar-refractivity contribution in [2.24, 2.45) is 5.92 Å². The molecule has 31 heavy (non-hydrogen) atoms. The fourth-order valence-electron chi connectivity index (χ4n) is 3.72. The number of esters is 1. The summed E-state index contributed by atoms with van der Waals surface area (Å²) in [7, 11) is 0. The molecule has 1 aliphatic rings. The first-order valence-electron chi connectivity index (χ1n) is 10.3. The molecule has 1 heterocycles. The molecule has 0 aliphatic carbocycles. The fraction of sp³-hybridized carbons (Fsp3) is 0.435. The second kappa shape index (κ2) is 10.8. The highest BCUT2D eigenvalue weighted by molar-refractivity contribution is 6.30. The number of rotatable bonds is 8. The summed E-state index contributed by atoms with van der Waals surface area (Å²) < 4.78 is 52.8. The van der Waals surface area contributed by atoms with Gasteiger partial charge in [-0.25, -0.2) is 13.2 Å². The van der Waals surface area contributed by atoms with Gasteiger partial charge in [-0.05, 0) is 68.0 Å². The number of hydrogen-bond donors (Lipinski definition) is 0. The van der Waals surface area contributed by atoms with Crippen molar-refractivity contribution < 1.29 is 27.4 Å². The normalized spacial score (nSPS) is 14.5. The second-order valence-corrected chi connectivity index (χ2v) is 7.95. The van der Waals surface area contributed by atoms with Gasteiger partial charge in [0.15, 0.2) is 11.6 Å². The van der Waals surface area contributed by atoms with Crippen LogP contribution in [-0.2, 0) is 16.0 Å². The number of carbonyl (C=O) groups excluding carboxylic acids is 1. The van der Waals surface area contributed by atoms with Crippen molar-refractivity contribution in [2.45, 2.75) is 32.6 Å². The van der Waals surface area contributed by atoms with Crippen molar-refractivity contribution in [3.05, 3.63) is 58.4 Å². The lowest BCUT2D eigenvalue weighted by molar-refractivity contribution is -0.143. The molecule has 0 radical (unpaired) electrons. The van der Waals surface area contributed by atoms with Gasteiger partial charge in [0.05, 0.1) is 13.2 Å². The van der Waals surface area contributed by atoms with Crippen LogP contribution in [0.2, 0.25) is 5.02 Å². The molecule has 0 aromatic heterocycles. The topological polar surface area (TPSA) is 38.8 Å². The quantitative estimate of drug-likeness (QED) is 0.489. The molecule has 0 atom stereocenters. The first-order valence-corrected chi connectivity index (χ1v) is 10.7. The standard InChI is InChI=1S/C23H25ClF3NO3/c1-2-30-22(29)6-3-16-11-18(25)4-5-21(16)31-14-15-7-9-28(10-8-15)23-19(26)12-17(24)13-20(23)27/h4-5,11-13,15H,2-3,6-10,14H2,1H3. The molecule has 0 unspecified atom stereocenters. The van der Waals surface area contributed by atoms with Gasteiger partial charge in [-0.1, -0.05) is 11.6 Å². The molecule has 1 saturated heterocycles. The fourth-order valence-corrected chi connectivity index (χ4v) is 3.91. The van der Waals surface area contributed by atoms with Gasteiger partial charge < -0.3 is 14.4 Å². The third-order valence-corrected chi connectivity index (χ3v) is 5.53. The maximum atomic E-state index is 14.2. The van der Waals surface area contributed by atoms with Crippen molar-refractivity contribution in [3.8, 4) is 5.75 Å². The van der Waals surface area contributed by atoms with Gasteiger partial charge in [-0.3, -0.25) is 4.79 Å². The molecule has 4 nitrogen and oxygen atoms in total. The van der Waals surface area contributed by atoms with Crippen LogP contribution in [0.1, 0.15) is 31.7 Å². The Labute approximate surface area is 184 Å². The second-order valence-electron chi connectivity index (χ2n) is 7.52. The summed E-state index contributed by atoms with van der Waals surface area (Å²) in [6, 6.07) is 6.47. The highest BCUT2D eigenvalue weighted by atomic mass is 35.5. The lowest BCUT2D eigenvalue weighted by Crippen LogP contribution is -2.36. The Bertz CT molecular complexity index is 894. The molecule has 0 saturated carbocycles. The summed E-state index contributed by atoms with van der Waals surface area (Å²) in [6.07, 6.45) is 1.85. The maximum absolute atomic E-state index is 14.2. The lowest BCUT2D eigenvalue weighted by Gasteiger charge is -2.34. The number of benzene rings is 2. The van der Waals surface area contributed by atoms with Gasteiger partial charge in [0, 0.05) is 24.5 Å². The van der Waals surface area contributed by atoms with Gasteiger partial charge in [0.1, 0.15) is 17.3 Å². The summed E-state index contributed by atoms with van der Waals surface area (Å²) in [5.41, 5.74) is 0.555. The lowest BCUT2D eigenvalue weighted by atomic mass is 9.97. The number of carbonyl (C=O) groups is 1. The van der Waals surface area contributed by atoms with Crippen LogP contribution in [0.3, 0.4) is 0 Å². The van der Waals surface area contributed by atoms with Crippen LogP contribution >= 0.6 is 11.6 Å². The van der Waals surface area contributed by atoms with E-state index in [1.54, 1.807) is 17.9 Å². The van der Waals surface area contributed by atoms with Crippen LogP contribution < -0.4 is 9.64 Å². The molecule has 0 N–H and O–H groups in total. The first-order chi connectivity index (χ1) is 14.9. The first kappa shape index (κ1) is 23.3. The molecule has 168 valence electrons. The predicted molar refractivity (Wildman–Crippen MR) is 113 cm³/mol. The van der Waals surface area contributed by atoms with Crippen molar-refractivity contribution in [1.29, 1.82) is 0 Å². The molecule has 3 rings (SSSR count). The summed E-state index contributed by atoms with van der Waals surface area (Å²) in [5.74, 6) is -1.35. The molecule has 1 aliphatic heterocycles. The minimum atomic E-state index is -0.669. The van der Waals surface area contributed by atoms with Gasteiger partial charge in [-0.15, -0.1) is 0 Å². The van der Waals surface area contributed by atoms with Crippen molar-refractivity contribution >= 4 is 23.3 Å². The van der Waals surface area contributed by atoms with E-state index in [0.29, 0.717) is 56.9 Å². The third kappa shape index (κ3) is 6.29. The Morgan fingerprint density at radius 2 is 1.81 bits per heavy atom. The molecule has 2 aromatic rings. The van der Waals surface area contributed by atoms with Crippen LogP contribution in [-0.4, -0.2) is 32.3 Å². The van der Waals surface area contributed by atoms with E-state index in [9.17, 15) is 18.0 Å². The van der Waals surface area contributed by atoms with Crippen LogP contribution in [0.25, 0.3) is 0 Å². The van der Waals surface area contributed by atoms with Crippen LogP contribution in [0, 0.1) is 23.4 Å². The molecule has 0 bridgehead atoms. The monoisotopic (exact) mass is 455 g/mol. The Morgan fingerprint density at radius 3 is 2.45 bits per heavy atom. The molecular formula is C23H25ClF3NO3. The maximum Gasteiger partial charge on any atom is 0.306 e. The minimum absolute atomic E-state index is 0.0279. The SMILES string of the molecule is CCOC(=O)CCc1cc(F)ccc1OCC1CCN(c2c(F)cc(Cl)cc2F)CC1. The number of piperidine rings is 1. The summed E-state index contributed by atoms with van der Waals surface area (Å²) in [6.45, 7) is 3.41. The Kier molecular flexibility index (Phi) is 8.07. The molecule has 2 aromatic carbocycles. The van der Waals surface area contributed by atoms with Gasteiger partial charge in [-0.2, -0.15) is 0 Å². The zero-order chi connectivity index (χ0) is 22.4. The van der Waals surface area contributed by atoms with E-state index in [1.165, 1.54) is 12.1 Å². The van der Waals surface area contributed by atoms with Gasteiger partial charge in [0.25, 0.3) is 0 Å². The summed E-state index contributed by atoms with van der Waals surface area (Å²) in [4.78, 5) is 13.3. The molecule has 1 fully saturated rings. The van der Waals surface area contributed by atoms with E-state index in [0.717, 1.165) is 12.1 Å². The van der Waals surface area contributed by atoms with E-state index in [4.69, 9.17) is 21.1 Å². The summed E-state index contributed by atoms with van der Waals surface area (Å²) in [5, 5.41) is 0.0279. The minimum Gasteiger partial charge on any atom is -0.493 e. The highest BCUT2D eigenvalue weighted by Crippen LogP contribution is 2.31. The van der Waals surface area contributed by atoms with Crippen LogP contribution in [0.15, 0.2) is 30.3 Å². The van der Waals surface area contributed by atoms with E-state index in [2.05, 4.69) is 0 Å². The highest BCUT2D eigenvalue weighted by Gasteiger charge is 2.25. The molecule has 0 amide bonds. The average Bonchev–Trinajstić information content (AvgIpc) is 2.72. The predicted octanol–water partition coefficient (Wildman–Crippen LogP) is 5.55. The van der Waals surface area contributed by atoms with E-state index < -0.39 is 17.5 Å². The van der Waals surface area contributed by atoms with Gasteiger partial charge in [0.2, 0.25) is 0 Å². The van der Waals surface area contributed by atoms with E-state index in [1.807, 2.05) is 0 Å². The zero-order valence-electron chi connectivity index (χ0n) is 17.3. The van der Waals surface area contributed by atoms with Gasteiger partial charge >= 0.3 is 5.97 Å². The van der Waals surface area contributed by atoms with Crippen molar-refractivity contribution in [2.75, 3.05) is 31.2 Å². The van der Waals surface area contributed by atoms with Crippen LogP contribution in [0.5, 0.6) is 5.75 Å². The largest absolute Gasteiger partial charge is 0.493 e.